The van der Waals surface area contributed by atoms with Crippen molar-refractivity contribution in [3.8, 4) is 6.07 Å². The van der Waals surface area contributed by atoms with Gasteiger partial charge in [0.1, 0.15) is 5.69 Å². The Kier molecular flexibility index (Phi) is 2.33. The molecule has 0 bridgehead atoms. The molecule has 2 rings (SSSR count). The highest BCUT2D eigenvalue weighted by molar-refractivity contribution is 5.42. The molecule has 0 spiro atoms. The molecule has 0 atom stereocenters. The van der Waals surface area contributed by atoms with E-state index in [2.05, 4.69) is 21.0 Å². The summed E-state index contributed by atoms with van der Waals surface area (Å²) in [4.78, 5) is 0. The van der Waals surface area contributed by atoms with E-state index in [1.807, 2.05) is 18.2 Å². The van der Waals surface area contributed by atoms with Crippen LogP contribution in [-0.2, 0) is 6.42 Å². The van der Waals surface area contributed by atoms with Crippen molar-refractivity contribution in [2.45, 2.75) is 6.42 Å². The molecule has 0 aliphatic carbocycles. The Bertz CT molecular complexity index is 512. The van der Waals surface area contributed by atoms with Crippen LogP contribution in [0.25, 0.3) is 0 Å². The summed E-state index contributed by atoms with van der Waals surface area (Å²) < 4.78 is 4.48. The number of hydrogen-bond donors (Lipinski definition) is 1. The van der Waals surface area contributed by atoms with Crippen molar-refractivity contribution >= 4 is 5.82 Å². The summed E-state index contributed by atoms with van der Waals surface area (Å²) in [5.41, 5.74) is 7.56. The van der Waals surface area contributed by atoms with Gasteiger partial charge in [-0.05, 0) is 16.8 Å². The molecule has 0 unspecified atom stereocenters. The molecule has 1 aromatic carbocycles. The highest BCUT2D eigenvalue weighted by atomic mass is 16.6. The van der Waals surface area contributed by atoms with Crippen LogP contribution in [0.15, 0.2) is 28.9 Å². The van der Waals surface area contributed by atoms with Gasteiger partial charge in [0.15, 0.2) is 5.82 Å². The van der Waals surface area contributed by atoms with Crippen LogP contribution >= 0.6 is 0 Å². The molecule has 0 aliphatic heterocycles. The van der Waals surface area contributed by atoms with Crippen molar-refractivity contribution in [3.63, 3.8) is 0 Å². The van der Waals surface area contributed by atoms with Gasteiger partial charge in [-0.3, -0.25) is 0 Å². The first kappa shape index (κ1) is 9.21. The minimum Gasteiger partial charge on any atom is -0.379 e. The Morgan fingerprint density at radius 2 is 2.13 bits per heavy atom. The summed E-state index contributed by atoms with van der Waals surface area (Å²) in [7, 11) is 0. The number of nitrogen functional groups attached to an aromatic ring is 1. The van der Waals surface area contributed by atoms with Gasteiger partial charge in [0.2, 0.25) is 0 Å². The molecule has 0 aliphatic rings. The first-order valence-electron chi connectivity index (χ1n) is 4.36. The van der Waals surface area contributed by atoms with Crippen LogP contribution in [0.1, 0.15) is 16.8 Å². The summed E-state index contributed by atoms with van der Waals surface area (Å²) in [6, 6.07) is 9.38. The van der Waals surface area contributed by atoms with E-state index in [1.54, 1.807) is 6.07 Å². The topological polar surface area (TPSA) is 88.7 Å². The maximum atomic E-state index is 8.88. The van der Waals surface area contributed by atoms with E-state index < -0.39 is 0 Å². The molecule has 1 heterocycles. The van der Waals surface area contributed by atoms with E-state index >= 15 is 0 Å². The Morgan fingerprint density at radius 3 is 2.80 bits per heavy atom. The molecule has 0 saturated heterocycles. The number of anilines is 1. The lowest BCUT2D eigenvalue weighted by Crippen LogP contribution is -1.96. The van der Waals surface area contributed by atoms with Crippen LogP contribution in [0.2, 0.25) is 0 Å². The lowest BCUT2D eigenvalue weighted by atomic mass is 10.0. The molecule has 2 aromatic rings. The molecule has 2 N–H and O–H groups in total. The first-order chi connectivity index (χ1) is 7.31. The first-order valence-corrected chi connectivity index (χ1v) is 4.36. The van der Waals surface area contributed by atoms with Gasteiger partial charge in [-0.25, -0.2) is 4.63 Å². The third kappa shape index (κ3) is 1.79. The van der Waals surface area contributed by atoms with Crippen LogP contribution < -0.4 is 5.73 Å². The van der Waals surface area contributed by atoms with Crippen molar-refractivity contribution in [2.24, 2.45) is 0 Å². The molecule has 0 amide bonds. The van der Waals surface area contributed by atoms with Crippen LogP contribution in [0, 0.1) is 11.3 Å². The van der Waals surface area contributed by atoms with Crippen LogP contribution in [0.5, 0.6) is 0 Å². The predicted octanol–water partition coefficient (Wildman–Crippen LogP) is 1.11. The zero-order valence-electron chi connectivity index (χ0n) is 7.84. The summed E-state index contributed by atoms with van der Waals surface area (Å²) >= 11 is 0. The maximum Gasteiger partial charge on any atom is 0.191 e. The number of nitrogens with two attached hydrogens (primary N) is 1. The number of rotatable bonds is 2. The summed E-state index contributed by atoms with van der Waals surface area (Å²) in [6.45, 7) is 0. The van der Waals surface area contributed by atoms with Gasteiger partial charge in [-0.15, -0.1) is 0 Å². The second-order valence-electron chi connectivity index (χ2n) is 3.04. The highest BCUT2D eigenvalue weighted by Crippen LogP contribution is 2.15. The molecule has 5 heteroatoms. The standard InChI is InChI=1S/C10H8N4O/c11-6-8-4-2-1-3-7(8)5-9-10(12)14-15-13-9/h1-4H,5H2,(H2,12,14). The fourth-order valence-electron chi connectivity index (χ4n) is 1.30. The Hall–Kier alpha value is -2.35. The van der Waals surface area contributed by atoms with Crippen molar-refractivity contribution in [3.05, 3.63) is 41.1 Å². The average molecular weight is 200 g/mol. The molecule has 15 heavy (non-hydrogen) atoms. The van der Waals surface area contributed by atoms with E-state index in [-0.39, 0.29) is 5.82 Å². The molecule has 74 valence electrons. The summed E-state index contributed by atoms with van der Waals surface area (Å²) in [5.74, 6) is 0.266. The van der Waals surface area contributed by atoms with Crippen LogP contribution in [0.4, 0.5) is 5.82 Å². The lowest BCUT2D eigenvalue weighted by Gasteiger charge is -1.99. The molecule has 0 saturated carbocycles. The Balaban J connectivity index is 2.33. The van der Waals surface area contributed by atoms with E-state index in [9.17, 15) is 0 Å². The quantitative estimate of drug-likeness (QED) is 0.784. The molecular formula is C10H8N4O. The SMILES string of the molecule is N#Cc1ccccc1Cc1nonc1N. The molecule has 1 aromatic heterocycles. The Labute approximate surface area is 86.1 Å². The van der Waals surface area contributed by atoms with Gasteiger partial charge >= 0.3 is 0 Å². The Morgan fingerprint density at radius 1 is 1.33 bits per heavy atom. The lowest BCUT2D eigenvalue weighted by molar-refractivity contribution is 0.305. The largest absolute Gasteiger partial charge is 0.379 e. The third-order valence-corrected chi connectivity index (χ3v) is 2.08. The van der Waals surface area contributed by atoms with Gasteiger partial charge in [0, 0.05) is 6.42 Å². The van der Waals surface area contributed by atoms with Gasteiger partial charge in [-0.1, -0.05) is 23.4 Å². The fourth-order valence-corrected chi connectivity index (χ4v) is 1.30. The number of hydrogen-bond acceptors (Lipinski definition) is 5. The third-order valence-electron chi connectivity index (χ3n) is 2.08. The second kappa shape index (κ2) is 3.80. The minimum atomic E-state index is 0.266. The van der Waals surface area contributed by atoms with Gasteiger partial charge in [0.25, 0.3) is 0 Å². The monoisotopic (exact) mass is 200 g/mol. The van der Waals surface area contributed by atoms with Crippen molar-refractivity contribution < 1.29 is 4.63 Å². The summed E-state index contributed by atoms with van der Waals surface area (Å²) in [5, 5.41) is 16.0. The highest BCUT2D eigenvalue weighted by Gasteiger charge is 2.09. The number of nitriles is 1. The van der Waals surface area contributed by atoms with Crippen molar-refractivity contribution in [1.29, 1.82) is 5.26 Å². The number of aromatic nitrogens is 2. The molecule has 5 nitrogen and oxygen atoms in total. The minimum absolute atomic E-state index is 0.266. The maximum absolute atomic E-state index is 8.88. The average Bonchev–Trinajstić information content (AvgIpc) is 2.65. The molecule has 0 radical (unpaired) electrons. The predicted molar refractivity (Wildman–Crippen MR) is 52.7 cm³/mol. The van der Waals surface area contributed by atoms with Gasteiger partial charge in [0.05, 0.1) is 11.6 Å². The molecule has 0 fully saturated rings. The van der Waals surface area contributed by atoms with Crippen LogP contribution in [0.3, 0.4) is 0 Å². The zero-order valence-corrected chi connectivity index (χ0v) is 7.84. The molecular weight excluding hydrogens is 192 g/mol. The van der Waals surface area contributed by atoms with Gasteiger partial charge < -0.3 is 5.73 Å². The zero-order chi connectivity index (χ0) is 10.7. The van der Waals surface area contributed by atoms with E-state index in [0.29, 0.717) is 17.7 Å². The number of nitrogens with zero attached hydrogens (tertiary/aromatic N) is 3. The van der Waals surface area contributed by atoms with E-state index in [1.165, 1.54) is 0 Å². The van der Waals surface area contributed by atoms with E-state index in [4.69, 9.17) is 11.0 Å². The van der Waals surface area contributed by atoms with Gasteiger partial charge in [-0.2, -0.15) is 5.26 Å². The fraction of sp³-hybridized carbons (Fsp3) is 0.100. The van der Waals surface area contributed by atoms with Crippen molar-refractivity contribution in [2.75, 3.05) is 5.73 Å². The smallest absolute Gasteiger partial charge is 0.191 e. The van der Waals surface area contributed by atoms with E-state index in [0.717, 1.165) is 5.56 Å². The second-order valence-corrected chi connectivity index (χ2v) is 3.04. The number of benzene rings is 1. The summed E-state index contributed by atoms with van der Waals surface area (Å²) in [6.07, 6.45) is 0.457. The van der Waals surface area contributed by atoms with Crippen LogP contribution in [-0.4, -0.2) is 10.3 Å². The normalized spacial score (nSPS) is 9.80. The van der Waals surface area contributed by atoms with Crippen molar-refractivity contribution in [1.82, 2.24) is 10.3 Å².